The first-order valence-electron chi connectivity index (χ1n) is 8.60. The summed E-state index contributed by atoms with van der Waals surface area (Å²) in [6.07, 6.45) is 8.31. The molecule has 3 heterocycles. The Labute approximate surface area is 139 Å². The van der Waals surface area contributed by atoms with E-state index >= 15 is 0 Å². The van der Waals surface area contributed by atoms with Gasteiger partial charge in [-0.3, -0.25) is 4.98 Å². The van der Waals surface area contributed by atoms with E-state index in [9.17, 15) is 8.42 Å². The lowest BCUT2D eigenvalue weighted by atomic mass is 9.92. The van der Waals surface area contributed by atoms with Gasteiger partial charge in [-0.2, -0.15) is 0 Å². The van der Waals surface area contributed by atoms with Crippen LogP contribution in [0.5, 0.6) is 0 Å². The van der Waals surface area contributed by atoms with Crippen LogP contribution in [-0.4, -0.2) is 49.8 Å². The SMILES string of the molecule is O=S(=O)(CCC1CCOCC1)N1CCC[C@H](c2ccncc2)C1. The van der Waals surface area contributed by atoms with Gasteiger partial charge in [0.1, 0.15) is 0 Å². The lowest BCUT2D eigenvalue weighted by Crippen LogP contribution is -2.40. The number of pyridine rings is 1. The molecule has 1 aromatic heterocycles. The quantitative estimate of drug-likeness (QED) is 0.827. The van der Waals surface area contributed by atoms with Crippen molar-refractivity contribution in [3.8, 4) is 0 Å². The van der Waals surface area contributed by atoms with Gasteiger partial charge in [-0.25, -0.2) is 12.7 Å². The number of hydrogen-bond acceptors (Lipinski definition) is 4. The molecule has 23 heavy (non-hydrogen) atoms. The maximum absolute atomic E-state index is 12.7. The van der Waals surface area contributed by atoms with Gasteiger partial charge in [-0.15, -0.1) is 0 Å². The Morgan fingerprint density at radius 2 is 1.91 bits per heavy atom. The average molecular weight is 338 g/mol. The molecule has 5 nitrogen and oxygen atoms in total. The second-order valence-electron chi connectivity index (χ2n) is 6.64. The Morgan fingerprint density at radius 3 is 2.65 bits per heavy atom. The minimum Gasteiger partial charge on any atom is -0.381 e. The highest BCUT2D eigenvalue weighted by Gasteiger charge is 2.30. The molecule has 0 saturated carbocycles. The predicted molar refractivity (Wildman–Crippen MR) is 89.7 cm³/mol. The van der Waals surface area contributed by atoms with E-state index in [0.717, 1.165) is 45.3 Å². The van der Waals surface area contributed by atoms with Gasteiger partial charge in [0.2, 0.25) is 10.0 Å². The van der Waals surface area contributed by atoms with E-state index in [0.29, 0.717) is 24.9 Å². The van der Waals surface area contributed by atoms with E-state index in [1.165, 1.54) is 5.56 Å². The van der Waals surface area contributed by atoms with E-state index in [4.69, 9.17) is 4.74 Å². The fraction of sp³-hybridized carbons (Fsp3) is 0.706. The molecule has 0 N–H and O–H groups in total. The lowest BCUT2D eigenvalue weighted by molar-refractivity contribution is 0.0655. The maximum Gasteiger partial charge on any atom is 0.214 e. The number of sulfonamides is 1. The summed E-state index contributed by atoms with van der Waals surface area (Å²) >= 11 is 0. The van der Waals surface area contributed by atoms with Gasteiger partial charge in [0.15, 0.2) is 0 Å². The van der Waals surface area contributed by atoms with Gasteiger partial charge in [0.05, 0.1) is 5.75 Å². The van der Waals surface area contributed by atoms with Gasteiger partial charge < -0.3 is 4.74 Å². The summed E-state index contributed by atoms with van der Waals surface area (Å²) in [6.45, 7) is 2.83. The summed E-state index contributed by atoms with van der Waals surface area (Å²) < 4.78 is 32.4. The van der Waals surface area contributed by atoms with Gasteiger partial charge in [0, 0.05) is 38.7 Å². The molecule has 128 valence electrons. The van der Waals surface area contributed by atoms with Crippen LogP contribution < -0.4 is 0 Å². The van der Waals surface area contributed by atoms with Gasteiger partial charge in [-0.05, 0) is 61.6 Å². The van der Waals surface area contributed by atoms with Gasteiger partial charge in [0.25, 0.3) is 0 Å². The lowest BCUT2D eigenvalue weighted by Gasteiger charge is -2.32. The normalized spacial score (nSPS) is 24.6. The van der Waals surface area contributed by atoms with Crippen LogP contribution in [0.4, 0.5) is 0 Å². The van der Waals surface area contributed by atoms with Crippen molar-refractivity contribution < 1.29 is 13.2 Å². The van der Waals surface area contributed by atoms with Crippen LogP contribution in [0.25, 0.3) is 0 Å². The fourth-order valence-electron chi connectivity index (χ4n) is 3.58. The second-order valence-corrected chi connectivity index (χ2v) is 8.73. The van der Waals surface area contributed by atoms with Crippen molar-refractivity contribution in [3.05, 3.63) is 30.1 Å². The zero-order chi connectivity index (χ0) is 16.1. The second kappa shape index (κ2) is 7.73. The summed E-state index contributed by atoms with van der Waals surface area (Å²) in [6, 6.07) is 4.01. The highest BCUT2D eigenvalue weighted by atomic mass is 32.2. The number of aromatic nitrogens is 1. The molecule has 2 fully saturated rings. The average Bonchev–Trinajstić information content (AvgIpc) is 2.62. The molecule has 6 heteroatoms. The Morgan fingerprint density at radius 1 is 1.17 bits per heavy atom. The van der Waals surface area contributed by atoms with Crippen molar-refractivity contribution in [1.82, 2.24) is 9.29 Å². The Bertz CT molecular complexity index is 585. The van der Waals surface area contributed by atoms with E-state index in [1.54, 1.807) is 16.7 Å². The smallest absolute Gasteiger partial charge is 0.214 e. The molecule has 2 saturated heterocycles. The first kappa shape index (κ1) is 16.9. The molecule has 0 amide bonds. The monoisotopic (exact) mass is 338 g/mol. The number of piperidine rings is 1. The standard InChI is InChI=1S/C17H26N2O3S/c20-23(21,13-7-15-5-11-22-12-6-15)19-10-1-2-17(14-19)16-3-8-18-9-4-16/h3-4,8-9,15,17H,1-2,5-7,10-14H2/t17-/m0/s1. The van der Waals surface area contributed by atoms with E-state index < -0.39 is 10.0 Å². The summed E-state index contributed by atoms with van der Waals surface area (Å²) in [5.41, 5.74) is 1.20. The summed E-state index contributed by atoms with van der Waals surface area (Å²) in [7, 11) is -3.15. The molecule has 0 bridgehead atoms. The number of hydrogen-bond donors (Lipinski definition) is 0. The van der Waals surface area contributed by atoms with Crippen molar-refractivity contribution in [1.29, 1.82) is 0 Å². The van der Waals surface area contributed by atoms with Crippen LogP contribution in [0, 0.1) is 5.92 Å². The molecule has 0 aromatic carbocycles. The van der Waals surface area contributed by atoms with Crippen molar-refractivity contribution in [3.63, 3.8) is 0 Å². The van der Waals surface area contributed by atoms with Crippen LogP contribution in [0.3, 0.4) is 0 Å². The summed E-state index contributed by atoms with van der Waals surface area (Å²) in [4.78, 5) is 4.05. The van der Waals surface area contributed by atoms with Crippen LogP contribution in [0.15, 0.2) is 24.5 Å². The predicted octanol–water partition coefficient (Wildman–Crippen LogP) is 2.41. The summed E-state index contributed by atoms with van der Waals surface area (Å²) in [5, 5.41) is 0. The molecule has 2 aliphatic heterocycles. The largest absolute Gasteiger partial charge is 0.381 e. The van der Waals surface area contributed by atoms with Crippen LogP contribution in [0.1, 0.15) is 43.6 Å². The van der Waals surface area contributed by atoms with E-state index in [-0.39, 0.29) is 5.75 Å². The minimum atomic E-state index is -3.15. The molecule has 0 aliphatic carbocycles. The van der Waals surface area contributed by atoms with Gasteiger partial charge >= 0.3 is 0 Å². The van der Waals surface area contributed by atoms with E-state index in [1.807, 2.05) is 12.1 Å². The van der Waals surface area contributed by atoms with Gasteiger partial charge in [-0.1, -0.05) is 0 Å². The minimum absolute atomic E-state index is 0.279. The van der Waals surface area contributed by atoms with Crippen LogP contribution in [0.2, 0.25) is 0 Å². The molecule has 1 aromatic rings. The Kier molecular flexibility index (Phi) is 5.67. The third-order valence-electron chi connectivity index (χ3n) is 5.08. The first-order chi connectivity index (χ1) is 11.1. The van der Waals surface area contributed by atoms with E-state index in [2.05, 4.69) is 4.98 Å². The Hall–Kier alpha value is -0.980. The first-order valence-corrected chi connectivity index (χ1v) is 10.2. The van der Waals surface area contributed by atoms with Crippen molar-refractivity contribution in [2.75, 3.05) is 32.1 Å². The molecule has 0 radical (unpaired) electrons. The molecule has 0 unspecified atom stereocenters. The topological polar surface area (TPSA) is 59.5 Å². The number of nitrogens with zero attached hydrogens (tertiary/aromatic N) is 2. The summed E-state index contributed by atoms with van der Waals surface area (Å²) in [5.74, 6) is 1.07. The molecule has 1 atom stereocenters. The highest BCUT2D eigenvalue weighted by Crippen LogP contribution is 2.29. The molecular weight excluding hydrogens is 312 g/mol. The Balaban J connectivity index is 1.58. The van der Waals surface area contributed by atoms with Crippen molar-refractivity contribution >= 4 is 10.0 Å². The zero-order valence-electron chi connectivity index (χ0n) is 13.6. The number of rotatable bonds is 5. The fourth-order valence-corrected chi connectivity index (χ4v) is 5.29. The maximum atomic E-state index is 12.7. The number of ether oxygens (including phenoxy) is 1. The molecule has 2 aliphatic rings. The third kappa shape index (κ3) is 4.52. The third-order valence-corrected chi connectivity index (χ3v) is 6.95. The van der Waals surface area contributed by atoms with Crippen LogP contribution >= 0.6 is 0 Å². The van der Waals surface area contributed by atoms with Crippen molar-refractivity contribution in [2.24, 2.45) is 5.92 Å². The highest BCUT2D eigenvalue weighted by molar-refractivity contribution is 7.89. The van der Waals surface area contributed by atoms with Crippen LogP contribution in [-0.2, 0) is 14.8 Å². The molecule has 3 rings (SSSR count). The van der Waals surface area contributed by atoms with Crippen molar-refractivity contribution in [2.45, 2.75) is 38.0 Å². The molecular formula is C17H26N2O3S. The molecule has 0 spiro atoms. The zero-order valence-corrected chi connectivity index (χ0v) is 14.4.